The molecule has 0 aliphatic rings. The van der Waals surface area contributed by atoms with Crippen molar-refractivity contribution in [2.45, 2.75) is 11.9 Å². The van der Waals surface area contributed by atoms with Gasteiger partial charge in [0.15, 0.2) is 0 Å². The molecule has 0 spiro atoms. The molecule has 0 saturated heterocycles. The first-order chi connectivity index (χ1) is 9.11. The second-order valence-corrected chi connectivity index (χ2v) is 5.18. The summed E-state index contributed by atoms with van der Waals surface area (Å²) in [6.07, 6.45) is 3.56. The highest BCUT2D eigenvalue weighted by Crippen LogP contribution is 2.22. The number of hydrogen-bond acceptors (Lipinski definition) is 3. The summed E-state index contributed by atoms with van der Waals surface area (Å²) in [5.41, 5.74) is 2.22. The van der Waals surface area contributed by atoms with E-state index in [0.29, 0.717) is 21.3 Å². The van der Waals surface area contributed by atoms with E-state index >= 15 is 0 Å². The number of amides is 1. The van der Waals surface area contributed by atoms with Gasteiger partial charge in [0.2, 0.25) is 0 Å². The number of aryl methyl sites for hydroxylation is 1. The van der Waals surface area contributed by atoms with E-state index < -0.39 is 0 Å². The molecule has 3 nitrogen and oxygen atoms in total. The Bertz CT molecular complexity index is 616. The number of benzene rings is 1. The quantitative estimate of drug-likeness (QED) is 0.869. The lowest BCUT2D eigenvalue weighted by Crippen LogP contribution is -2.13. The monoisotopic (exact) mass is 292 g/mol. The Morgan fingerprint density at radius 2 is 2.16 bits per heavy atom. The van der Waals surface area contributed by atoms with Gasteiger partial charge < -0.3 is 5.32 Å². The smallest absolute Gasteiger partial charge is 0.258 e. The van der Waals surface area contributed by atoms with Crippen LogP contribution in [0, 0.1) is 6.92 Å². The lowest BCUT2D eigenvalue weighted by molar-refractivity contribution is 0.102. The Labute approximate surface area is 121 Å². The first kappa shape index (κ1) is 13.9. The zero-order chi connectivity index (χ0) is 13.8. The van der Waals surface area contributed by atoms with E-state index in [1.54, 1.807) is 24.4 Å². The largest absolute Gasteiger partial charge is 0.322 e. The second kappa shape index (κ2) is 6.08. The number of pyridine rings is 1. The van der Waals surface area contributed by atoms with E-state index in [1.165, 1.54) is 11.8 Å². The van der Waals surface area contributed by atoms with Crippen molar-refractivity contribution in [3.05, 3.63) is 52.7 Å². The first-order valence-corrected chi connectivity index (χ1v) is 7.28. The fourth-order valence-corrected chi connectivity index (χ4v) is 2.32. The van der Waals surface area contributed by atoms with E-state index in [4.69, 9.17) is 11.6 Å². The number of nitrogens with zero attached hydrogens (tertiary/aromatic N) is 1. The molecule has 2 rings (SSSR count). The minimum Gasteiger partial charge on any atom is -0.322 e. The number of halogens is 1. The number of carbonyl (C=O) groups is 1. The van der Waals surface area contributed by atoms with Crippen molar-refractivity contribution >= 4 is 35.0 Å². The molecule has 0 aliphatic carbocycles. The van der Waals surface area contributed by atoms with Gasteiger partial charge in [-0.3, -0.25) is 4.79 Å². The van der Waals surface area contributed by atoms with Gasteiger partial charge in [-0.05, 0) is 43.0 Å². The summed E-state index contributed by atoms with van der Waals surface area (Å²) in [5, 5.41) is 4.16. The van der Waals surface area contributed by atoms with Gasteiger partial charge >= 0.3 is 0 Å². The summed E-state index contributed by atoms with van der Waals surface area (Å²) in [6, 6.07) is 8.94. The van der Waals surface area contributed by atoms with Crippen LogP contribution in [0.1, 0.15) is 15.9 Å². The molecule has 0 radical (unpaired) electrons. The van der Waals surface area contributed by atoms with Crippen molar-refractivity contribution in [1.82, 2.24) is 4.98 Å². The van der Waals surface area contributed by atoms with Crippen LogP contribution in [-0.4, -0.2) is 17.1 Å². The topological polar surface area (TPSA) is 42.0 Å². The summed E-state index contributed by atoms with van der Waals surface area (Å²) < 4.78 is 0. The van der Waals surface area contributed by atoms with Gasteiger partial charge in [-0.25, -0.2) is 4.98 Å². The number of aromatic nitrogens is 1. The molecule has 0 bridgehead atoms. The first-order valence-electron chi connectivity index (χ1n) is 5.68. The van der Waals surface area contributed by atoms with Crippen molar-refractivity contribution in [1.29, 1.82) is 0 Å². The molecular formula is C14H13ClN2OS. The summed E-state index contributed by atoms with van der Waals surface area (Å²) in [7, 11) is 0. The molecule has 0 atom stereocenters. The molecule has 1 aromatic carbocycles. The summed E-state index contributed by atoms with van der Waals surface area (Å²) >= 11 is 7.48. The average molecular weight is 293 g/mol. The number of hydrogen-bond donors (Lipinski definition) is 1. The Hall–Kier alpha value is -1.52. The third kappa shape index (κ3) is 3.28. The van der Waals surface area contributed by atoms with Crippen LogP contribution in [0.5, 0.6) is 0 Å². The predicted molar refractivity (Wildman–Crippen MR) is 80.2 cm³/mol. The van der Waals surface area contributed by atoms with Crippen molar-refractivity contribution in [2.24, 2.45) is 0 Å². The molecule has 2 aromatic rings. The number of thioether (sulfide) groups is 1. The summed E-state index contributed by atoms with van der Waals surface area (Å²) in [6.45, 7) is 1.92. The van der Waals surface area contributed by atoms with Crippen molar-refractivity contribution in [2.75, 3.05) is 11.6 Å². The van der Waals surface area contributed by atoms with Gasteiger partial charge in [-0.1, -0.05) is 17.7 Å². The van der Waals surface area contributed by atoms with E-state index in [-0.39, 0.29) is 5.91 Å². The van der Waals surface area contributed by atoms with Crippen molar-refractivity contribution < 1.29 is 4.79 Å². The number of rotatable bonds is 3. The normalized spacial score (nSPS) is 10.3. The molecule has 1 N–H and O–H groups in total. The van der Waals surface area contributed by atoms with E-state index in [2.05, 4.69) is 10.3 Å². The maximum absolute atomic E-state index is 12.2. The standard InChI is InChI=1S/C14H13ClN2OS/c1-9-5-6-10(8-12(9)15)17-13(18)11-4-3-7-16-14(11)19-2/h3-8H,1-2H3,(H,17,18). The van der Waals surface area contributed by atoms with Gasteiger partial charge in [0.25, 0.3) is 5.91 Å². The Morgan fingerprint density at radius 1 is 1.37 bits per heavy atom. The molecule has 19 heavy (non-hydrogen) atoms. The van der Waals surface area contributed by atoms with Gasteiger partial charge in [0.1, 0.15) is 5.03 Å². The highest BCUT2D eigenvalue weighted by molar-refractivity contribution is 7.98. The van der Waals surface area contributed by atoms with E-state index in [0.717, 1.165) is 5.56 Å². The third-order valence-corrected chi connectivity index (χ3v) is 3.76. The zero-order valence-electron chi connectivity index (χ0n) is 10.6. The Morgan fingerprint density at radius 3 is 2.84 bits per heavy atom. The molecule has 98 valence electrons. The van der Waals surface area contributed by atoms with Crippen LogP contribution in [0.25, 0.3) is 0 Å². The SMILES string of the molecule is CSc1ncccc1C(=O)Nc1ccc(C)c(Cl)c1. The molecule has 0 fully saturated rings. The maximum atomic E-state index is 12.2. The highest BCUT2D eigenvalue weighted by Gasteiger charge is 2.12. The van der Waals surface area contributed by atoms with Crippen LogP contribution >= 0.6 is 23.4 Å². The van der Waals surface area contributed by atoms with E-state index in [9.17, 15) is 4.79 Å². The molecule has 1 heterocycles. The van der Waals surface area contributed by atoms with Gasteiger partial charge in [-0.2, -0.15) is 0 Å². The molecule has 0 saturated carbocycles. The van der Waals surface area contributed by atoms with Gasteiger partial charge in [0, 0.05) is 16.9 Å². The lowest BCUT2D eigenvalue weighted by Gasteiger charge is -2.08. The molecule has 0 aliphatic heterocycles. The minimum absolute atomic E-state index is 0.183. The fraction of sp³-hybridized carbons (Fsp3) is 0.143. The molecule has 0 unspecified atom stereocenters. The highest BCUT2D eigenvalue weighted by atomic mass is 35.5. The molecule has 1 aromatic heterocycles. The summed E-state index contributed by atoms with van der Waals surface area (Å²) in [4.78, 5) is 16.4. The maximum Gasteiger partial charge on any atom is 0.258 e. The minimum atomic E-state index is -0.183. The second-order valence-electron chi connectivity index (χ2n) is 3.98. The zero-order valence-corrected chi connectivity index (χ0v) is 12.2. The van der Waals surface area contributed by atoms with E-state index in [1.807, 2.05) is 25.3 Å². The fourth-order valence-electron chi connectivity index (χ4n) is 1.60. The van der Waals surface area contributed by atoms with Crippen LogP contribution in [0.15, 0.2) is 41.6 Å². The van der Waals surface area contributed by atoms with Gasteiger partial charge in [0.05, 0.1) is 5.56 Å². The molecular weight excluding hydrogens is 280 g/mol. The van der Waals surface area contributed by atoms with Crippen LogP contribution in [0.4, 0.5) is 5.69 Å². The molecule has 5 heteroatoms. The third-order valence-electron chi connectivity index (χ3n) is 2.64. The van der Waals surface area contributed by atoms with Crippen LogP contribution in [0.3, 0.4) is 0 Å². The number of nitrogens with one attached hydrogen (secondary N) is 1. The van der Waals surface area contributed by atoms with Crippen LogP contribution in [0.2, 0.25) is 5.02 Å². The number of carbonyl (C=O) groups excluding carboxylic acids is 1. The average Bonchev–Trinajstić information content (AvgIpc) is 2.43. The van der Waals surface area contributed by atoms with Crippen molar-refractivity contribution in [3.63, 3.8) is 0 Å². The lowest BCUT2D eigenvalue weighted by atomic mass is 10.2. The Balaban J connectivity index is 2.23. The number of anilines is 1. The van der Waals surface area contributed by atoms with Crippen LogP contribution < -0.4 is 5.32 Å². The summed E-state index contributed by atoms with van der Waals surface area (Å²) in [5.74, 6) is -0.183. The molecule has 1 amide bonds. The Kier molecular flexibility index (Phi) is 4.45. The van der Waals surface area contributed by atoms with Crippen molar-refractivity contribution in [3.8, 4) is 0 Å². The van der Waals surface area contributed by atoms with Crippen LogP contribution in [-0.2, 0) is 0 Å². The predicted octanol–water partition coefficient (Wildman–Crippen LogP) is 4.02. The van der Waals surface area contributed by atoms with Gasteiger partial charge in [-0.15, -0.1) is 11.8 Å².